The topological polar surface area (TPSA) is 99.8 Å². The average molecular weight is 395 g/mol. The lowest BCUT2D eigenvalue weighted by atomic mass is 9.95. The van der Waals surface area contributed by atoms with Gasteiger partial charge < -0.3 is 19.7 Å². The molecule has 0 unspecified atom stereocenters. The van der Waals surface area contributed by atoms with E-state index in [2.05, 4.69) is 5.32 Å². The minimum atomic E-state index is -1.17. The van der Waals surface area contributed by atoms with E-state index in [0.717, 1.165) is 6.26 Å². The number of nitrogens with one attached hydrogen (secondary N) is 1. The molecule has 27 heavy (non-hydrogen) atoms. The number of likely N-dealkylation sites (tertiary alicyclic amines) is 1. The SMILES string of the molecule is O=C(O)c1coc(C(=O)N2CCC(C(=O)Nc3ccc(F)c(Cl)c3)CC2)c1. The Balaban J connectivity index is 1.56. The Morgan fingerprint density at radius 1 is 1.22 bits per heavy atom. The first-order chi connectivity index (χ1) is 12.8. The van der Waals surface area contributed by atoms with Crippen molar-refractivity contribution in [1.29, 1.82) is 0 Å². The number of carboxylic acid groups (broad SMARTS) is 1. The Morgan fingerprint density at radius 3 is 2.52 bits per heavy atom. The number of benzene rings is 1. The van der Waals surface area contributed by atoms with Gasteiger partial charge in [0.2, 0.25) is 5.91 Å². The number of hydrogen-bond acceptors (Lipinski definition) is 4. The number of hydrogen-bond donors (Lipinski definition) is 2. The quantitative estimate of drug-likeness (QED) is 0.829. The van der Waals surface area contributed by atoms with Crippen molar-refractivity contribution in [3.05, 3.63) is 52.7 Å². The van der Waals surface area contributed by atoms with Crippen LogP contribution < -0.4 is 5.32 Å². The summed E-state index contributed by atoms with van der Waals surface area (Å²) in [7, 11) is 0. The van der Waals surface area contributed by atoms with E-state index in [1.54, 1.807) is 0 Å². The van der Waals surface area contributed by atoms with Crippen molar-refractivity contribution in [1.82, 2.24) is 4.90 Å². The fourth-order valence-corrected chi connectivity index (χ4v) is 3.06. The third-order valence-corrected chi connectivity index (χ3v) is 4.69. The molecule has 1 aromatic heterocycles. The molecular weight excluding hydrogens is 379 g/mol. The van der Waals surface area contributed by atoms with Gasteiger partial charge in [0.1, 0.15) is 12.1 Å². The van der Waals surface area contributed by atoms with Crippen LogP contribution >= 0.6 is 11.6 Å². The van der Waals surface area contributed by atoms with E-state index in [9.17, 15) is 18.8 Å². The maximum Gasteiger partial charge on any atom is 0.338 e. The highest BCUT2D eigenvalue weighted by molar-refractivity contribution is 6.31. The maximum atomic E-state index is 13.2. The molecule has 1 saturated heterocycles. The van der Waals surface area contributed by atoms with E-state index < -0.39 is 17.7 Å². The first-order valence-electron chi connectivity index (χ1n) is 8.22. The van der Waals surface area contributed by atoms with E-state index >= 15 is 0 Å². The number of furan rings is 1. The molecule has 2 heterocycles. The van der Waals surface area contributed by atoms with Gasteiger partial charge in [-0.05, 0) is 31.0 Å². The minimum Gasteiger partial charge on any atom is -0.478 e. The highest BCUT2D eigenvalue weighted by Gasteiger charge is 2.29. The van der Waals surface area contributed by atoms with Crippen molar-refractivity contribution in [2.75, 3.05) is 18.4 Å². The van der Waals surface area contributed by atoms with E-state index in [-0.39, 0.29) is 28.2 Å². The van der Waals surface area contributed by atoms with E-state index in [0.29, 0.717) is 31.6 Å². The van der Waals surface area contributed by atoms with Crippen LogP contribution in [0.2, 0.25) is 5.02 Å². The van der Waals surface area contributed by atoms with Gasteiger partial charge in [0.05, 0.1) is 10.6 Å². The van der Waals surface area contributed by atoms with Crippen molar-refractivity contribution in [3.63, 3.8) is 0 Å². The van der Waals surface area contributed by atoms with Gasteiger partial charge in [-0.3, -0.25) is 9.59 Å². The molecule has 0 atom stereocenters. The molecule has 9 heteroatoms. The summed E-state index contributed by atoms with van der Waals surface area (Å²) in [4.78, 5) is 37.1. The van der Waals surface area contributed by atoms with Crippen LogP contribution in [0.3, 0.4) is 0 Å². The Kier molecular flexibility index (Phi) is 5.46. The van der Waals surface area contributed by atoms with Gasteiger partial charge >= 0.3 is 5.97 Å². The monoisotopic (exact) mass is 394 g/mol. The zero-order chi connectivity index (χ0) is 19.6. The number of carbonyl (C=O) groups excluding carboxylic acids is 2. The number of piperidine rings is 1. The lowest BCUT2D eigenvalue weighted by molar-refractivity contribution is -0.121. The van der Waals surface area contributed by atoms with Crippen molar-refractivity contribution >= 4 is 35.1 Å². The zero-order valence-corrected chi connectivity index (χ0v) is 14.8. The predicted octanol–water partition coefficient (Wildman–Crippen LogP) is 3.26. The van der Waals surface area contributed by atoms with Crippen LogP contribution in [0.4, 0.5) is 10.1 Å². The van der Waals surface area contributed by atoms with Crippen molar-refractivity contribution in [2.45, 2.75) is 12.8 Å². The first kappa shape index (κ1) is 18.9. The molecule has 1 aromatic carbocycles. The van der Waals surface area contributed by atoms with Crippen LogP contribution in [0.5, 0.6) is 0 Å². The Hall–Kier alpha value is -2.87. The zero-order valence-electron chi connectivity index (χ0n) is 14.1. The molecule has 1 aliphatic rings. The van der Waals surface area contributed by atoms with Gasteiger partial charge in [-0.2, -0.15) is 0 Å². The van der Waals surface area contributed by atoms with E-state index in [1.165, 1.54) is 29.2 Å². The second-order valence-corrected chi connectivity index (χ2v) is 6.60. The third kappa shape index (κ3) is 4.28. The molecule has 3 rings (SSSR count). The average Bonchev–Trinajstić information content (AvgIpc) is 3.15. The summed E-state index contributed by atoms with van der Waals surface area (Å²) >= 11 is 5.70. The molecule has 0 aliphatic carbocycles. The number of aromatic carboxylic acids is 1. The molecule has 0 bridgehead atoms. The first-order valence-corrected chi connectivity index (χ1v) is 8.60. The Morgan fingerprint density at radius 2 is 1.93 bits per heavy atom. The minimum absolute atomic E-state index is 0.0451. The second-order valence-electron chi connectivity index (χ2n) is 6.19. The predicted molar refractivity (Wildman–Crippen MR) is 94.3 cm³/mol. The van der Waals surface area contributed by atoms with Gasteiger partial charge in [-0.1, -0.05) is 11.6 Å². The molecule has 1 fully saturated rings. The van der Waals surface area contributed by atoms with Gasteiger partial charge in [0.15, 0.2) is 5.76 Å². The maximum absolute atomic E-state index is 13.2. The van der Waals surface area contributed by atoms with Crippen molar-refractivity contribution < 1.29 is 28.3 Å². The number of amides is 2. The highest BCUT2D eigenvalue weighted by atomic mass is 35.5. The molecule has 2 N–H and O–H groups in total. The molecule has 7 nitrogen and oxygen atoms in total. The standard InChI is InChI=1S/C18H16ClFN2O5/c19-13-8-12(1-2-14(13)20)21-16(23)10-3-5-22(6-4-10)17(24)15-7-11(9-27-15)18(25)26/h1-2,7-10H,3-6H2,(H,21,23)(H,25,26). The van der Waals surface area contributed by atoms with Crippen molar-refractivity contribution in [2.24, 2.45) is 5.92 Å². The van der Waals surface area contributed by atoms with Crippen LogP contribution in [0, 0.1) is 11.7 Å². The van der Waals surface area contributed by atoms with E-state index in [1.807, 2.05) is 0 Å². The summed E-state index contributed by atoms with van der Waals surface area (Å²) in [5, 5.41) is 11.5. The third-order valence-electron chi connectivity index (χ3n) is 4.40. The smallest absolute Gasteiger partial charge is 0.338 e. The van der Waals surface area contributed by atoms with Crippen LogP contribution in [0.1, 0.15) is 33.8 Å². The largest absolute Gasteiger partial charge is 0.478 e. The van der Waals surface area contributed by atoms with Crippen LogP contribution in [0.25, 0.3) is 0 Å². The normalized spacial score (nSPS) is 14.8. The molecule has 2 amide bonds. The van der Waals surface area contributed by atoms with Gasteiger partial charge in [-0.15, -0.1) is 0 Å². The summed E-state index contributed by atoms with van der Waals surface area (Å²) in [5.74, 6) is -2.72. The molecule has 142 valence electrons. The molecule has 0 spiro atoms. The molecule has 0 saturated carbocycles. The molecule has 2 aromatic rings. The van der Waals surface area contributed by atoms with Crippen LogP contribution in [-0.4, -0.2) is 40.9 Å². The second kappa shape index (κ2) is 7.79. The molecule has 0 radical (unpaired) electrons. The Labute approximate surface area is 158 Å². The number of carboxylic acids is 1. The number of nitrogens with zero attached hydrogens (tertiary/aromatic N) is 1. The summed E-state index contributed by atoms with van der Waals surface area (Å²) in [6.45, 7) is 0.675. The van der Waals surface area contributed by atoms with Gasteiger partial charge in [0.25, 0.3) is 5.91 Å². The lowest BCUT2D eigenvalue weighted by Gasteiger charge is -2.30. The number of carbonyl (C=O) groups is 3. The molecular formula is C18H16ClFN2O5. The fraction of sp³-hybridized carbons (Fsp3) is 0.278. The van der Waals surface area contributed by atoms with E-state index in [4.69, 9.17) is 21.1 Å². The number of halogens is 2. The summed E-state index contributed by atoms with van der Waals surface area (Å²) in [5.41, 5.74) is 0.312. The highest BCUT2D eigenvalue weighted by Crippen LogP contribution is 2.24. The molecule has 1 aliphatic heterocycles. The van der Waals surface area contributed by atoms with Gasteiger partial charge in [-0.25, -0.2) is 9.18 Å². The fourth-order valence-electron chi connectivity index (χ4n) is 2.88. The number of anilines is 1. The Bertz CT molecular complexity index is 890. The van der Waals surface area contributed by atoms with Crippen LogP contribution in [0.15, 0.2) is 34.9 Å². The summed E-state index contributed by atoms with van der Waals surface area (Å²) in [6.07, 6.45) is 1.90. The van der Waals surface area contributed by atoms with Gasteiger partial charge in [0, 0.05) is 30.8 Å². The number of rotatable bonds is 4. The summed E-state index contributed by atoms with van der Waals surface area (Å²) < 4.78 is 18.2. The summed E-state index contributed by atoms with van der Waals surface area (Å²) in [6, 6.07) is 5.12. The van der Waals surface area contributed by atoms with Crippen molar-refractivity contribution in [3.8, 4) is 0 Å². The lowest BCUT2D eigenvalue weighted by Crippen LogP contribution is -2.41. The van der Waals surface area contributed by atoms with Crippen LogP contribution in [-0.2, 0) is 4.79 Å².